The molecule has 0 aromatic carbocycles. The van der Waals surface area contributed by atoms with Gasteiger partial charge in [0.15, 0.2) is 0 Å². The van der Waals surface area contributed by atoms with Crippen molar-refractivity contribution in [2.45, 2.75) is 19.3 Å². The van der Waals surface area contributed by atoms with Crippen molar-refractivity contribution >= 4 is 11.6 Å². The van der Waals surface area contributed by atoms with Crippen LogP contribution < -0.4 is 5.32 Å². The van der Waals surface area contributed by atoms with Crippen molar-refractivity contribution in [2.75, 3.05) is 39.1 Å². The minimum absolute atomic E-state index is 0.778. The van der Waals surface area contributed by atoms with Crippen molar-refractivity contribution in [3.63, 3.8) is 0 Å². The molecule has 0 radical (unpaired) electrons. The number of nitrogens with one attached hydrogen (secondary N) is 1. The number of nitrogens with zero attached hydrogens (tertiary/aromatic N) is 1. The fourth-order valence-electron chi connectivity index (χ4n) is 1.76. The summed E-state index contributed by atoms with van der Waals surface area (Å²) in [5.41, 5.74) is 0. The molecule has 1 aliphatic heterocycles. The zero-order valence-electron chi connectivity index (χ0n) is 8.56. The zero-order valence-corrected chi connectivity index (χ0v) is 9.32. The summed E-state index contributed by atoms with van der Waals surface area (Å²) in [6, 6.07) is 0. The minimum atomic E-state index is 0.778. The second kappa shape index (κ2) is 6.63. The minimum Gasteiger partial charge on any atom is -0.316 e. The predicted octanol–water partition coefficient (Wildman–Crippen LogP) is 1.55. The van der Waals surface area contributed by atoms with Crippen LogP contribution in [-0.4, -0.2) is 44.0 Å². The van der Waals surface area contributed by atoms with E-state index in [9.17, 15) is 0 Å². The molecule has 0 unspecified atom stereocenters. The summed E-state index contributed by atoms with van der Waals surface area (Å²) in [6.45, 7) is 4.80. The van der Waals surface area contributed by atoms with E-state index in [1.807, 2.05) is 0 Å². The van der Waals surface area contributed by atoms with Crippen molar-refractivity contribution in [3.8, 4) is 0 Å². The first-order chi connectivity index (χ1) is 6.33. The van der Waals surface area contributed by atoms with Crippen LogP contribution in [0, 0.1) is 5.92 Å². The standard InChI is InChI=1S/C10H21ClN2/c1-13-7-3-10(4-8-13)9-12-6-2-5-11/h10,12H,2-9H2,1H3. The molecular weight excluding hydrogens is 184 g/mol. The molecule has 3 heteroatoms. The van der Waals surface area contributed by atoms with Crippen LogP contribution >= 0.6 is 11.6 Å². The van der Waals surface area contributed by atoms with E-state index in [0.29, 0.717) is 0 Å². The topological polar surface area (TPSA) is 15.3 Å². The van der Waals surface area contributed by atoms with Crippen LogP contribution in [-0.2, 0) is 0 Å². The molecule has 78 valence electrons. The first kappa shape index (κ1) is 11.3. The van der Waals surface area contributed by atoms with E-state index < -0.39 is 0 Å². The van der Waals surface area contributed by atoms with Crippen LogP contribution in [0.5, 0.6) is 0 Å². The van der Waals surface area contributed by atoms with Gasteiger partial charge in [0.25, 0.3) is 0 Å². The fourth-order valence-corrected chi connectivity index (χ4v) is 1.90. The van der Waals surface area contributed by atoms with Gasteiger partial charge in [-0.3, -0.25) is 0 Å². The van der Waals surface area contributed by atoms with Crippen molar-refractivity contribution in [1.82, 2.24) is 10.2 Å². The van der Waals surface area contributed by atoms with Crippen LogP contribution in [0.1, 0.15) is 19.3 Å². The van der Waals surface area contributed by atoms with Gasteiger partial charge in [-0.15, -0.1) is 11.6 Å². The number of rotatable bonds is 5. The Morgan fingerprint density at radius 1 is 1.38 bits per heavy atom. The maximum absolute atomic E-state index is 5.60. The normalized spacial score (nSPS) is 20.8. The summed E-state index contributed by atoms with van der Waals surface area (Å²) in [7, 11) is 2.21. The molecule has 1 rings (SSSR count). The van der Waals surface area contributed by atoms with E-state index in [-0.39, 0.29) is 0 Å². The molecule has 0 aromatic heterocycles. The molecular formula is C10H21ClN2. The van der Waals surface area contributed by atoms with E-state index in [0.717, 1.165) is 24.8 Å². The molecule has 13 heavy (non-hydrogen) atoms. The molecule has 1 N–H and O–H groups in total. The second-order valence-electron chi connectivity index (χ2n) is 3.99. The Kier molecular flexibility index (Phi) is 5.76. The van der Waals surface area contributed by atoms with Gasteiger partial charge in [0.1, 0.15) is 0 Å². The third kappa shape index (κ3) is 4.84. The molecule has 1 saturated heterocycles. The summed E-state index contributed by atoms with van der Waals surface area (Å²) in [6.07, 6.45) is 3.79. The second-order valence-corrected chi connectivity index (χ2v) is 4.37. The van der Waals surface area contributed by atoms with Crippen LogP contribution in [0.15, 0.2) is 0 Å². The number of likely N-dealkylation sites (tertiary alicyclic amines) is 1. The highest BCUT2D eigenvalue weighted by molar-refractivity contribution is 6.17. The van der Waals surface area contributed by atoms with E-state index in [4.69, 9.17) is 11.6 Å². The van der Waals surface area contributed by atoms with Gasteiger partial charge in [-0.25, -0.2) is 0 Å². The molecule has 0 spiro atoms. The smallest absolute Gasteiger partial charge is 0.0235 e. The first-order valence-corrected chi connectivity index (χ1v) is 5.81. The molecule has 2 nitrogen and oxygen atoms in total. The van der Waals surface area contributed by atoms with Gasteiger partial charge in [-0.2, -0.15) is 0 Å². The number of hydrogen-bond acceptors (Lipinski definition) is 2. The van der Waals surface area contributed by atoms with Crippen LogP contribution in [0.2, 0.25) is 0 Å². The quantitative estimate of drug-likeness (QED) is 0.540. The molecule has 0 saturated carbocycles. The van der Waals surface area contributed by atoms with Crippen LogP contribution in [0.3, 0.4) is 0 Å². The Hall–Kier alpha value is 0.210. The van der Waals surface area contributed by atoms with Crippen molar-refractivity contribution in [3.05, 3.63) is 0 Å². The Balaban J connectivity index is 1.96. The molecule has 0 amide bonds. The lowest BCUT2D eigenvalue weighted by atomic mass is 9.97. The van der Waals surface area contributed by atoms with Gasteiger partial charge < -0.3 is 10.2 Å². The maximum atomic E-state index is 5.60. The fraction of sp³-hybridized carbons (Fsp3) is 1.00. The summed E-state index contributed by atoms with van der Waals surface area (Å²) < 4.78 is 0. The SMILES string of the molecule is CN1CCC(CNCCCCl)CC1. The van der Waals surface area contributed by atoms with Crippen molar-refractivity contribution < 1.29 is 0 Å². The number of piperidine rings is 1. The van der Waals surface area contributed by atoms with Gasteiger partial charge in [0, 0.05) is 5.88 Å². The van der Waals surface area contributed by atoms with E-state index in [1.165, 1.54) is 32.5 Å². The lowest BCUT2D eigenvalue weighted by Crippen LogP contribution is -2.35. The summed E-state index contributed by atoms with van der Waals surface area (Å²) in [5, 5.41) is 3.47. The number of alkyl halides is 1. The molecule has 1 heterocycles. The lowest BCUT2D eigenvalue weighted by molar-refractivity contribution is 0.216. The van der Waals surface area contributed by atoms with Crippen LogP contribution in [0.4, 0.5) is 0 Å². The highest BCUT2D eigenvalue weighted by atomic mass is 35.5. The Morgan fingerprint density at radius 3 is 2.69 bits per heavy atom. The Morgan fingerprint density at radius 2 is 2.08 bits per heavy atom. The predicted molar refractivity (Wildman–Crippen MR) is 58.4 cm³/mol. The van der Waals surface area contributed by atoms with Crippen molar-refractivity contribution in [1.29, 1.82) is 0 Å². The van der Waals surface area contributed by atoms with Gasteiger partial charge in [-0.1, -0.05) is 0 Å². The largest absolute Gasteiger partial charge is 0.316 e. The number of hydrogen-bond donors (Lipinski definition) is 1. The molecule has 0 atom stereocenters. The molecule has 0 bridgehead atoms. The van der Waals surface area contributed by atoms with E-state index in [2.05, 4.69) is 17.3 Å². The number of halogens is 1. The molecule has 0 aliphatic carbocycles. The van der Waals surface area contributed by atoms with E-state index >= 15 is 0 Å². The molecule has 0 aromatic rings. The Bertz CT molecular complexity index is 122. The summed E-state index contributed by atoms with van der Waals surface area (Å²) >= 11 is 5.60. The Labute approximate surface area is 86.6 Å². The first-order valence-electron chi connectivity index (χ1n) is 5.28. The summed E-state index contributed by atoms with van der Waals surface area (Å²) in [4.78, 5) is 2.41. The highest BCUT2D eigenvalue weighted by Gasteiger charge is 2.15. The average Bonchev–Trinajstić information content (AvgIpc) is 2.15. The van der Waals surface area contributed by atoms with Gasteiger partial charge in [-0.05, 0) is 58.4 Å². The van der Waals surface area contributed by atoms with Gasteiger partial charge >= 0.3 is 0 Å². The zero-order chi connectivity index (χ0) is 9.52. The third-order valence-electron chi connectivity index (χ3n) is 2.76. The average molecular weight is 205 g/mol. The monoisotopic (exact) mass is 204 g/mol. The molecule has 1 aliphatic rings. The van der Waals surface area contributed by atoms with E-state index in [1.54, 1.807) is 0 Å². The lowest BCUT2D eigenvalue weighted by Gasteiger charge is -2.29. The highest BCUT2D eigenvalue weighted by Crippen LogP contribution is 2.14. The van der Waals surface area contributed by atoms with Crippen LogP contribution in [0.25, 0.3) is 0 Å². The third-order valence-corrected chi connectivity index (χ3v) is 3.03. The van der Waals surface area contributed by atoms with Crippen molar-refractivity contribution in [2.24, 2.45) is 5.92 Å². The van der Waals surface area contributed by atoms with Gasteiger partial charge in [0.2, 0.25) is 0 Å². The maximum Gasteiger partial charge on any atom is 0.0235 e. The van der Waals surface area contributed by atoms with Gasteiger partial charge in [0.05, 0.1) is 0 Å². The molecule has 1 fully saturated rings. The summed E-state index contributed by atoms with van der Waals surface area (Å²) in [5.74, 6) is 1.67.